The summed E-state index contributed by atoms with van der Waals surface area (Å²) >= 11 is 0. The van der Waals surface area contributed by atoms with Crippen molar-refractivity contribution in [3.05, 3.63) is 47.8 Å². The molecule has 5 nitrogen and oxygen atoms in total. The SMILES string of the molecule is O=C1NC(=O)c2c1c1cccnc1c1ncccc21. The Kier molecular flexibility index (Phi) is 1.79. The van der Waals surface area contributed by atoms with Gasteiger partial charge < -0.3 is 0 Å². The van der Waals surface area contributed by atoms with E-state index in [2.05, 4.69) is 15.3 Å². The Hall–Kier alpha value is -2.82. The highest BCUT2D eigenvalue weighted by Gasteiger charge is 2.32. The molecule has 4 rings (SSSR count). The fourth-order valence-corrected chi connectivity index (χ4v) is 2.56. The molecule has 1 aliphatic heterocycles. The zero-order chi connectivity index (χ0) is 13.0. The summed E-state index contributed by atoms with van der Waals surface area (Å²) in [4.78, 5) is 32.5. The molecule has 1 N–H and O–H groups in total. The zero-order valence-electron chi connectivity index (χ0n) is 9.68. The van der Waals surface area contributed by atoms with Crippen molar-refractivity contribution in [1.82, 2.24) is 15.3 Å². The molecule has 19 heavy (non-hydrogen) atoms. The lowest BCUT2D eigenvalue weighted by Gasteiger charge is -2.06. The van der Waals surface area contributed by atoms with Gasteiger partial charge in [0, 0.05) is 23.2 Å². The van der Waals surface area contributed by atoms with Crippen molar-refractivity contribution >= 4 is 33.6 Å². The standard InChI is InChI=1S/C14H7N3O2/c18-13-9-7-3-1-5-15-11(7)12-8(4-2-6-16-12)10(9)14(19)17-13/h1-6H,(H,17,18,19). The van der Waals surface area contributed by atoms with Crippen LogP contribution in [0.3, 0.4) is 0 Å². The van der Waals surface area contributed by atoms with E-state index in [0.29, 0.717) is 32.9 Å². The quantitative estimate of drug-likeness (QED) is 0.486. The molecule has 0 aliphatic carbocycles. The van der Waals surface area contributed by atoms with Gasteiger partial charge in [-0.05, 0) is 12.1 Å². The summed E-state index contributed by atoms with van der Waals surface area (Å²) in [6.45, 7) is 0. The molecule has 0 bridgehead atoms. The van der Waals surface area contributed by atoms with Gasteiger partial charge in [-0.2, -0.15) is 0 Å². The minimum Gasteiger partial charge on any atom is -0.288 e. The highest BCUT2D eigenvalue weighted by Crippen LogP contribution is 2.32. The van der Waals surface area contributed by atoms with E-state index in [4.69, 9.17) is 0 Å². The molecule has 2 aromatic heterocycles. The van der Waals surface area contributed by atoms with Crippen LogP contribution in [-0.4, -0.2) is 21.8 Å². The number of carbonyl (C=O) groups excluding carboxylic acids is 2. The van der Waals surface area contributed by atoms with Gasteiger partial charge in [-0.15, -0.1) is 0 Å². The summed E-state index contributed by atoms with van der Waals surface area (Å²) in [7, 11) is 0. The molecule has 0 atom stereocenters. The van der Waals surface area contributed by atoms with Crippen LogP contribution in [0.1, 0.15) is 20.7 Å². The molecule has 3 aromatic rings. The Morgan fingerprint density at radius 3 is 1.74 bits per heavy atom. The molecular formula is C14H7N3O2. The van der Waals surface area contributed by atoms with E-state index in [1.165, 1.54) is 0 Å². The monoisotopic (exact) mass is 249 g/mol. The third kappa shape index (κ3) is 1.18. The maximum absolute atomic E-state index is 12.0. The van der Waals surface area contributed by atoms with E-state index in [0.717, 1.165) is 0 Å². The number of imide groups is 1. The van der Waals surface area contributed by atoms with E-state index >= 15 is 0 Å². The summed E-state index contributed by atoms with van der Waals surface area (Å²) in [6.07, 6.45) is 3.30. The minimum absolute atomic E-state index is 0.372. The molecule has 5 heteroatoms. The third-order valence-electron chi connectivity index (χ3n) is 3.31. The van der Waals surface area contributed by atoms with Crippen LogP contribution in [0.4, 0.5) is 0 Å². The lowest BCUT2D eigenvalue weighted by Crippen LogP contribution is -2.20. The third-order valence-corrected chi connectivity index (χ3v) is 3.31. The predicted octanol–water partition coefficient (Wildman–Crippen LogP) is 1.67. The fourth-order valence-electron chi connectivity index (χ4n) is 2.56. The Balaban J connectivity index is 2.38. The zero-order valence-corrected chi connectivity index (χ0v) is 9.68. The van der Waals surface area contributed by atoms with Crippen LogP contribution in [0.2, 0.25) is 0 Å². The molecule has 90 valence electrons. The summed E-state index contributed by atoms with van der Waals surface area (Å²) in [5, 5.41) is 3.65. The average molecular weight is 249 g/mol. The second kappa shape index (κ2) is 3.35. The highest BCUT2D eigenvalue weighted by molar-refractivity contribution is 6.32. The minimum atomic E-state index is -0.372. The van der Waals surface area contributed by atoms with E-state index in [1.807, 2.05) is 0 Å². The van der Waals surface area contributed by atoms with Crippen molar-refractivity contribution in [2.75, 3.05) is 0 Å². The van der Waals surface area contributed by atoms with Gasteiger partial charge in [0.25, 0.3) is 11.8 Å². The van der Waals surface area contributed by atoms with Crippen molar-refractivity contribution in [2.24, 2.45) is 0 Å². The van der Waals surface area contributed by atoms with E-state index in [-0.39, 0.29) is 11.8 Å². The lowest BCUT2D eigenvalue weighted by atomic mass is 9.98. The number of nitrogens with one attached hydrogen (secondary N) is 1. The number of fused-ring (bicyclic) bond motifs is 6. The first-order valence-electron chi connectivity index (χ1n) is 5.78. The van der Waals surface area contributed by atoms with Crippen molar-refractivity contribution in [3.8, 4) is 0 Å². The van der Waals surface area contributed by atoms with Gasteiger partial charge in [0.1, 0.15) is 0 Å². The number of carbonyl (C=O) groups is 2. The molecule has 0 unspecified atom stereocenters. The van der Waals surface area contributed by atoms with Gasteiger partial charge in [-0.1, -0.05) is 12.1 Å². The van der Waals surface area contributed by atoms with Crippen LogP contribution in [-0.2, 0) is 0 Å². The molecule has 1 aliphatic rings. The molecule has 0 radical (unpaired) electrons. The summed E-state index contributed by atoms with van der Waals surface area (Å²) in [5.41, 5.74) is 2.07. The van der Waals surface area contributed by atoms with Gasteiger partial charge in [0.15, 0.2) is 0 Å². The largest absolute Gasteiger partial charge is 0.288 e. The molecule has 0 saturated heterocycles. The average Bonchev–Trinajstić information content (AvgIpc) is 2.75. The summed E-state index contributed by atoms with van der Waals surface area (Å²) < 4.78 is 0. The number of benzene rings is 1. The molecule has 0 fully saturated rings. The van der Waals surface area contributed by atoms with Crippen molar-refractivity contribution in [1.29, 1.82) is 0 Å². The van der Waals surface area contributed by atoms with Crippen LogP contribution in [0.15, 0.2) is 36.7 Å². The lowest BCUT2D eigenvalue weighted by molar-refractivity contribution is 0.0880. The first-order chi connectivity index (χ1) is 9.27. The van der Waals surface area contributed by atoms with Crippen LogP contribution in [0.5, 0.6) is 0 Å². The Labute approximate surface area is 107 Å². The Morgan fingerprint density at radius 2 is 1.26 bits per heavy atom. The number of rotatable bonds is 0. The molecule has 0 spiro atoms. The van der Waals surface area contributed by atoms with E-state index < -0.39 is 0 Å². The smallest absolute Gasteiger partial charge is 0.259 e. The van der Waals surface area contributed by atoms with Gasteiger partial charge in [0.05, 0.1) is 22.2 Å². The number of amides is 2. The number of hydrogen-bond acceptors (Lipinski definition) is 4. The van der Waals surface area contributed by atoms with Crippen LogP contribution in [0.25, 0.3) is 21.8 Å². The van der Waals surface area contributed by atoms with Crippen molar-refractivity contribution < 1.29 is 9.59 Å². The number of nitrogens with zero attached hydrogens (tertiary/aromatic N) is 2. The van der Waals surface area contributed by atoms with E-state index in [9.17, 15) is 9.59 Å². The van der Waals surface area contributed by atoms with Gasteiger partial charge in [0.2, 0.25) is 0 Å². The van der Waals surface area contributed by atoms with E-state index in [1.54, 1.807) is 36.7 Å². The number of hydrogen-bond donors (Lipinski definition) is 1. The number of aromatic nitrogens is 2. The first kappa shape index (κ1) is 10.1. The van der Waals surface area contributed by atoms with Crippen molar-refractivity contribution in [3.63, 3.8) is 0 Å². The van der Waals surface area contributed by atoms with Crippen LogP contribution >= 0.6 is 0 Å². The maximum Gasteiger partial charge on any atom is 0.259 e. The summed E-state index contributed by atoms with van der Waals surface area (Å²) in [5.74, 6) is -0.743. The molecule has 2 amide bonds. The topological polar surface area (TPSA) is 72.0 Å². The second-order valence-corrected chi connectivity index (χ2v) is 4.33. The number of pyridine rings is 2. The summed E-state index contributed by atoms with van der Waals surface area (Å²) in [6, 6.07) is 7.06. The second-order valence-electron chi connectivity index (χ2n) is 4.33. The predicted molar refractivity (Wildman–Crippen MR) is 68.8 cm³/mol. The molecule has 3 heterocycles. The Bertz CT molecular complexity index is 814. The van der Waals surface area contributed by atoms with Crippen LogP contribution < -0.4 is 5.32 Å². The van der Waals surface area contributed by atoms with Crippen LogP contribution in [0, 0.1) is 0 Å². The first-order valence-corrected chi connectivity index (χ1v) is 5.78. The molecular weight excluding hydrogens is 242 g/mol. The molecule has 1 aromatic carbocycles. The maximum atomic E-state index is 12.0. The van der Waals surface area contributed by atoms with Crippen molar-refractivity contribution in [2.45, 2.75) is 0 Å². The van der Waals surface area contributed by atoms with Gasteiger partial charge in [-0.25, -0.2) is 0 Å². The fraction of sp³-hybridized carbons (Fsp3) is 0. The normalized spacial score (nSPS) is 13.9. The highest BCUT2D eigenvalue weighted by atomic mass is 16.2. The van der Waals surface area contributed by atoms with Gasteiger partial charge >= 0.3 is 0 Å². The van der Waals surface area contributed by atoms with Gasteiger partial charge in [-0.3, -0.25) is 24.9 Å². The molecule has 0 saturated carbocycles. The Morgan fingerprint density at radius 1 is 0.789 bits per heavy atom.